The Labute approximate surface area is 165 Å². The Morgan fingerprint density at radius 2 is 1.96 bits per heavy atom. The lowest BCUT2D eigenvalue weighted by Gasteiger charge is -2.06. The largest absolute Gasteiger partial charge is 0.290 e. The van der Waals surface area contributed by atoms with E-state index < -0.39 is 17.2 Å². The first-order valence-electron chi connectivity index (χ1n) is 7.53. The molecule has 0 saturated carbocycles. The Bertz CT molecular complexity index is 1120. The van der Waals surface area contributed by atoms with Gasteiger partial charge in [-0.1, -0.05) is 30.3 Å². The number of nitriles is 1. The van der Waals surface area contributed by atoms with Crippen molar-refractivity contribution in [3.63, 3.8) is 0 Å². The zero-order valence-corrected chi connectivity index (χ0v) is 15.7. The third-order valence-electron chi connectivity index (χ3n) is 3.52. The van der Waals surface area contributed by atoms with Crippen molar-refractivity contribution in [2.24, 2.45) is 5.10 Å². The van der Waals surface area contributed by atoms with Crippen LogP contribution in [-0.2, 0) is 0 Å². The van der Waals surface area contributed by atoms with Gasteiger partial charge in [0.1, 0.15) is 11.6 Å². The van der Waals surface area contributed by atoms with E-state index in [4.69, 9.17) is 0 Å². The number of hydrogen-bond acceptors (Lipinski definition) is 5. The second-order valence-corrected chi connectivity index (χ2v) is 6.41. The van der Waals surface area contributed by atoms with Crippen LogP contribution in [0.5, 0.6) is 0 Å². The van der Waals surface area contributed by atoms with E-state index in [1.807, 2.05) is 28.7 Å². The second-order valence-electron chi connectivity index (χ2n) is 5.24. The van der Waals surface area contributed by atoms with E-state index in [9.17, 15) is 18.8 Å². The van der Waals surface area contributed by atoms with Crippen molar-refractivity contribution in [3.05, 3.63) is 79.1 Å². The molecule has 0 unspecified atom stereocenters. The number of hydrazone groups is 1. The Kier molecular flexibility index (Phi) is 5.56. The molecule has 0 amide bonds. The van der Waals surface area contributed by atoms with Gasteiger partial charge in [0.25, 0.3) is 5.56 Å². The fourth-order valence-electron chi connectivity index (χ4n) is 2.25. The van der Waals surface area contributed by atoms with Crippen LogP contribution < -0.4 is 11.0 Å². The highest BCUT2D eigenvalue weighted by atomic mass is 127. The molecular weight excluding hydrogens is 467 g/mol. The molecule has 0 bridgehead atoms. The maximum absolute atomic E-state index is 13.8. The number of aromatic amines is 1. The van der Waals surface area contributed by atoms with E-state index >= 15 is 0 Å². The maximum Gasteiger partial charge on any atom is 0.270 e. The molecule has 0 aliphatic heterocycles. The van der Waals surface area contributed by atoms with Gasteiger partial charge in [-0.25, -0.2) is 19.2 Å². The van der Waals surface area contributed by atoms with Crippen molar-refractivity contribution >= 4 is 34.8 Å². The van der Waals surface area contributed by atoms with Gasteiger partial charge in [0.15, 0.2) is 11.6 Å². The average Bonchev–Trinajstić information content (AvgIpc) is 2.68. The predicted molar refractivity (Wildman–Crippen MR) is 105 cm³/mol. The van der Waals surface area contributed by atoms with Crippen LogP contribution in [0.2, 0.25) is 0 Å². The van der Waals surface area contributed by atoms with Gasteiger partial charge < -0.3 is 0 Å². The number of nitrogens with zero attached hydrogens (tertiary/aromatic N) is 3. The lowest BCUT2D eigenvalue weighted by Crippen LogP contribution is -2.16. The number of halogens is 3. The number of aromatic nitrogens is 2. The molecule has 27 heavy (non-hydrogen) atoms. The average molecular weight is 477 g/mol. The summed E-state index contributed by atoms with van der Waals surface area (Å²) in [6.45, 7) is 0. The van der Waals surface area contributed by atoms with E-state index in [0.717, 1.165) is 12.3 Å². The molecule has 3 rings (SSSR count). The number of nitrogens with one attached hydrogen (secondary N) is 2. The summed E-state index contributed by atoms with van der Waals surface area (Å²) in [6.07, 6.45) is 1.08. The first kappa shape index (κ1) is 18.7. The van der Waals surface area contributed by atoms with Crippen molar-refractivity contribution in [1.29, 1.82) is 5.26 Å². The number of rotatable bonds is 4. The van der Waals surface area contributed by atoms with Crippen molar-refractivity contribution in [1.82, 2.24) is 9.97 Å². The van der Waals surface area contributed by atoms with Crippen LogP contribution in [-0.4, -0.2) is 16.2 Å². The molecule has 134 valence electrons. The molecule has 2 N–H and O–H groups in total. The fourth-order valence-corrected chi connectivity index (χ4v) is 2.81. The molecule has 0 fully saturated rings. The van der Waals surface area contributed by atoms with Gasteiger partial charge in [-0.2, -0.15) is 10.4 Å². The van der Waals surface area contributed by atoms with Gasteiger partial charge in [-0.3, -0.25) is 9.78 Å². The zero-order valence-electron chi connectivity index (χ0n) is 13.5. The Balaban J connectivity index is 1.95. The highest BCUT2D eigenvalue weighted by Crippen LogP contribution is 2.20. The van der Waals surface area contributed by atoms with Gasteiger partial charge in [-0.15, -0.1) is 0 Å². The third kappa shape index (κ3) is 4.01. The molecular formula is C18H10F2IN5O. The molecule has 0 spiro atoms. The standard InChI is InChI=1S/C18H10F2IN5O/c19-13-6-7-14(21)12(15(13)20)9-23-26-18-24-16(10-4-2-1-3-5-10)11(8-22)17(27)25-18/h1-7,9H,(H2,24,25,26,27). The van der Waals surface area contributed by atoms with Gasteiger partial charge in [-0.05, 0) is 34.7 Å². The van der Waals surface area contributed by atoms with Gasteiger partial charge >= 0.3 is 0 Å². The molecule has 0 radical (unpaired) electrons. The van der Waals surface area contributed by atoms with Gasteiger partial charge in [0.2, 0.25) is 5.95 Å². The SMILES string of the molecule is N#Cc1c(-c2ccccc2)nc(NN=Cc2c(I)ccc(F)c2F)[nH]c1=O. The summed E-state index contributed by atoms with van der Waals surface area (Å²) >= 11 is 1.85. The fraction of sp³-hybridized carbons (Fsp3) is 0. The molecule has 1 aromatic heterocycles. The van der Waals surface area contributed by atoms with Crippen molar-refractivity contribution in [3.8, 4) is 17.3 Å². The Hall–Kier alpha value is -3.13. The zero-order chi connectivity index (χ0) is 19.4. The third-order valence-corrected chi connectivity index (χ3v) is 4.46. The molecule has 2 aromatic carbocycles. The molecule has 0 aliphatic rings. The van der Waals surface area contributed by atoms with E-state index in [-0.39, 0.29) is 22.8 Å². The molecule has 1 heterocycles. The van der Waals surface area contributed by atoms with Crippen molar-refractivity contribution < 1.29 is 8.78 Å². The Morgan fingerprint density at radius 1 is 1.22 bits per heavy atom. The summed E-state index contributed by atoms with van der Waals surface area (Å²) in [5, 5.41) is 13.0. The van der Waals surface area contributed by atoms with Crippen LogP contribution in [0.3, 0.4) is 0 Å². The summed E-state index contributed by atoms with van der Waals surface area (Å²) in [4.78, 5) is 18.7. The molecule has 0 atom stereocenters. The topological polar surface area (TPSA) is 93.9 Å². The maximum atomic E-state index is 13.8. The number of benzene rings is 2. The summed E-state index contributed by atoms with van der Waals surface area (Å²) in [5.41, 5.74) is 2.42. The molecule has 0 saturated heterocycles. The summed E-state index contributed by atoms with van der Waals surface area (Å²) < 4.78 is 27.6. The lowest BCUT2D eigenvalue weighted by atomic mass is 10.1. The minimum absolute atomic E-state index is 0.0395. The van der Waals surface area contributed by atoms with Crippen LogP contribution in [0.25, 0.3) is 11.3 Å². The van der Waals surface area contributed by atoms with E-state index in [2.05, 4.69) is 20.5 Å². The van der Waals surface area contributed by atoms with Crippen LogP contribution in [0.4, 0.5) is 14.7 Å². The van der Waals surface area contributed by atoms with Crippen LogP contribution in [0, 0.1) is 26.5 Å². The van der Waals surface area contributed by atoms with E-state index in [1.54, 1.807) is 30.3 Å². The molecule has 6 nitrogen and oxygen atoms in total. The smallest absolute Gasteiger partial charge is 0.270 e. The van der Waals surface area contributed by atoms with Gasteiger partial charge in [0.05, 0.1) is 11.9 Å². The van der Waals surface area contributed by atoms with Crippen molar-refractivity contribution in [2.75, 3.05) is 5.43 Å². The van der Waals surface area contributed by atoms with Crippen LogP contribution in [0.15, 0.2) is 52.4 Å². The highest BCUT2D eigenvalue weighted by Gasteiger charge is 2.13. The molecule has 0 aliphatic carbocycles. The summed E-state index contributed by atoms with van der Waals surface area (Å²) in [7, 11) is 0. The highest BCUT2D eigenvalue weighted by molar-refractivity contribution is 14.1. The lowest BCUT2D eigenvalue weighted by molar-refractivity contribution is 0.506. The first-order chi connectivity index (χ1) is 13.0. The summed E-state index contributed by atoms with van der Waals surface area (Å²) in [6, 6.07) is 13.0. The second kappa shape index (κ2) is 8.05. The predicted octanol–water partition coefficient (Wildman–Crippen LogP) is 3.64. The van der Waals surface area contributed by atoms with E-state index in [0.29, 0.717) is 9.13 Å². The van der Waals surface area contributed by atoms with Crippen LogP contribution in [0.1, 0.15) is 11.1 Å². The number of anilines is 1. The minimum atomic E-state index is -1.03. The number of hydrogen-bond donors (Lipinski definition) is 2. The molecule has 9 heteroatoms. The number of H-pyrrole nitrogens is 1. The molecule has 3 aromatic rings. The summed E-state index contributed by atoms with van der Waals surface area (Å²) in [5.74, 6) is -2.06. The van der Waals surface area contributed by atoms with Crippen LogP contribution >= 0.6 is 22.6 Å². The minimum Gasteiger partial charge on any atom is -0.290 e. The normalized spacial score (nSPS) is 10.7. The van der Waals surface area contributed by atoms with Gasteiger partial charge in [0, 0.05) is 14.7 Å². The Morgan fingerprint density at radius 3 is 2.67 bits per heavy atom. The van der Waals surface area contributed by atoms with E-state index in [1.165, 1.54) is 6.07 Å². The first-order valence-corrected chi connectivity index (χ1v) is 8.61. The quantitative estimate of drug-likeness (QED) is 0.260. The van der Waals surface area contributed by atoms with Crippen molar-refractivity contribution in [2.45, 2.75) is 0 Å². The monoisotopic (exact) mass is 477 g/mol.